The molecule has 0 aliphatic carbocycles. The molecule has 2 N–H and O–H groups in total. The molecule has 5 nitrogen and oxygen atoms in total. The van der Waals surface area contributed by atoms with Crippen LogP contribution in [0, 0.1) is 0 Å². The van der Waals surface area contributed by atoms with Crippen LogP contribution in [0.1, 0.15) is 26.7 Å². The summed E-state index contributed by atoms with van der Waals surface area (Å²) in [4.78, 5) is 0. The minimum Gasteiger partial charge on any atom is -0.315 e. The fraction of sp³-hybridized carbons (Fsp3) is 1.00. The van der Waals surface area contributed by atoms with Gasteiger partial charge in [0.2, 0.25) is 0 Å². The van der Waals surface area contributed by atoms with E-state index in [0.717, 1.165) is 25.9 Å². The maximum atomic E-state index is 11.9. The van der Waals surface area contributed by atoms with E-state index in [0.29, 0.717) is 13.1 Å². The second-order valence-corrected chi connectivity index (χ2v) is 5.47. The Balaban J connectivity index is 2.71. The van der Waals surface area contributed by atoms with E-state index in [4.69, 9.17) is 0 Å². The summed E-state index contributed by atoms with van der Waals surface area (Å²) in [6.45, 7) is 6.52. The molecule has 0 aromatic heterocycles. The first-order chi connectivity index (χ1) is 7.11. The number of hydrogen-bond donors (Lipinski definition) is 2. The van der Waals surface area contributed by atoms with Crippen molar-refractivity contribution in [1.29, 1.82) is 0 Å². The summed E-state index contributed by atoms with van der Waals surface area (Å²) in [5.74, 6) is 0. The van der Waals surface area contributed by atoms with Gasteiger partial charge < -0.3 is 5.32 Å². The van der Waals surface area contributed by atoms with Gasteiger partial charge in [-0.05, 0) is 19.4 Å². The molecule has 1 heterocycles. The molecule has 0 aromatic carbocycles. The van der Waals surface area contributed by atoms with Gasteiger partial charge >= 0.3 is 0 Å². The Morgan fingerprint density at radius 3 is 2.67 bits per heavy atom. The summed E-state index contributed by atoms with van der Waals surface area (Å²) in [7, 11) is -3.27. The van der Waals surface area contributed by atoms with Crippen molar-refractivity contribution in [2.24, 2.45) is 0 Å². The van der Waals surface area contributed by atoms with Crippen LogP contribution in [0.2, 0.25) is 0 Å². The first-order valence-electron chi connectivity index (χ1n) is 5.59. The minimum absolute atomic E-state index is 0.119. The zero-order chi connectivity index (χ0) is 11.3. The molecular formula is C9H21N3O2S. The molecule has 1 unspecified atom stereocenters. The van der Waals surface area contributed by atoms with Crippen molar-refractivity contribution in [3.8, 4) is 0 Å². The van der Waals surface area contributed by atoms with E-state index >= 15 is 0 Å². The van der Waals surface area contributed by atoms with Crippen LogP contribution in [0.4, 0.5) is 0 Å². The summed E-state index contributed by atoms with van der Waals surface area (Å²) in [6.07, 6.45) is 1.76. The van der Waals surface area contributed by atoms with Crippen LogP contribution >= 0.6 is 0 Å². The SMILES string of the molecule is CCCN(C1CCNC1)S(=O)(=O)NCC. The third kappa shape index (κ3) is 3.41. The highest BCUT2D eigenvalue weighted by atomic mass is 32.2. The predicted octanol–water partition coefficient (Wildman–Crippen LogP) is -0.0854. The molecule has 90 valence electrons. The third-order valence-electron chi connectivity index (χ3n) is 2.52. The zero-order valence-electron chi connectivity index (χ0n) is 9.49. The van der Waals surface area contributed by atoms with Crippen molar-refractivity contribution in [1.82, 2.24) is 14.3 Å². The van der Waals surface area contributed by atoms with Crippen LogP contribution in [0.25, 0.3) is 0 Å². The molecule has 15 heavy (non-hydrogen) atoms. The summed E-state index contributed by atoms with van der Waals surface area (Å²) in [6, 6.07) is 0.119. The van der Waals surface area contributed by atoms with Gasteiger partial charge in [-0.15, -0.1) is 0 Å². The molecule has 0 amide bonds. The van der Waals surface area contributed by atoms with Gasteiger partial charge in [0.1, 0.15) is 0 Å². The van der Waals surface area contributed by atoms with Crippen LogP contribution < -0.4 is 10.0 Å². The average Bonchev–Trinajstić information content (AvgIpc) is 2.66. The second kappa shape index (κ2) is 5.79. The number of nitrogens with one attached hydrogen (secondary N) is 2. The van der Waals surface area contributed by atoms with E-state index in [9.17, 15) is 8.42 Å². The fourth-order valence-electron chi connectivity index (χ4n) is 1.87. The highest BCUT2D eigenvalue weighted by Crippen LogP contribution is 2.12. The Bertz CT molecular complexity index is 273. The molecule has 0 aromatic rings. The van der Waals surface area contributed by atoms with Crippen molar-refractivity contribution in [3.05, 3.63) is 0 Å². The standard InChI is InChI=1S/C9H21N3O2S/c1-3-7-12(9-5-6-10-8-9)15(13,14)11-4-2/h9-11H,3-8H2,1-2H3. The molecule has 0 saturated carbocycles. The van der Waals surface area contributed by atoms with Gasteiger partial charge in [0, 0.05) is 25.7 Å². The monoisotopic (exact) mass is 235 g/mol. The Labute approximate surface area is 92.4 Å². The predicted molar refractivity (Wildman–Crippen MR) is 60.9 cm³/mol. The highest BCUT2D eigenvalue weighted by molar-refractivity contribution is 7.87. The number of nitrogens with zero attached hydrogens (tertiary/aromatic N) is 1. The van der Waals surface area contributed by atoms with E-state index in [-0.39, 0.29) is 6.04 Å². The summed E-state index contributed by atoms with van der Waals surface area (Å²) < 4.78 is 27.9. The largest absolute Gasteiger partial charge is 0.315 e. The Hall–Kier alpha value is -0.170. The number of rotatable bonds is 6. The second-order valence-electron chi connectivity index (χ2n) is 3.76. The third-order valence-corrected chi connectivity index (χ3v) is 4.27. The molecule has 1 aliphatic rings. The quantitative estimate of drug-likeness (QED) is 0.676. The fourth-order valence-corrected chi connectivity index (χ4v) is 3.40. The van der Waals surface area contributed by atoms with E-state index in [1.807, 2.05) is 6.92 Å². The van der Waals surface area contributed by atoms with Gasteiger partial charge in [0.05, 0.1) is 0 Å². The Morgan fingerprint density at radius 1 is 1.47 bits per heavy atom. The van der Waals surface area contributed by atoms with Crippen LogP contribution in [-0.2, 0) is 10.2 Å². The summed E-state index contributed by atoms with van der Waals surface area (Å²) >= 11 is 0. The molecule has 1 saturated heterocycles. The molecule has 0 spiro atoms. The van der Waals surface area contributed by atoms with Gasteiger partial charge in [-0.25, -0.2) is 4.72 Å². The van der Waals surface area contributed by atoms with Gasteiger partial charge in [-0.1, -0.05) is 13.8 Å². The Morgan fingerprint density at radius 2 is 2.20 bits per heavy atom. The number of hydrogen-bond acceptors (Lipinski definition) is 3. The maximum absolute atomic E-state index is 11.9. The lowest BCUT2D eigenvalue weighted by Gasteiger charge is -2.26. The summed E-state index contributed by atoms with van der Waals surface area (Å²) in [5.41, 5.74) is 0. The van der Waals surface area contributed by atoms with Crippen molar-refractivity contribution in [2.45, 2.75) is 32.7 Å². The van der Waals surface area contributed by atoms with E-state index in [2.05, 4.69) is 10.0 Å². The first-order valence-corrected chi connectivity index (χ1v) is 7.03. The van der Waals surface area contributed by atoms with Crippen LogP contribution in [0.3, 0.4) is 0 Å². The molecule has 0 bridgehead atoms. The van der Waals surface area contributed by atoms with E-state index < -0.39 is 10.2 Å². The van der Waals surface area contributed by atoms with Crippen LogP contribution in [-0.4, -0.2) is 44.9 Å². The van der Waals surface area contributed by atoms with Gasteiger partial charge in [-0.3, -0.25) is 0 Å². The molecule has 1 atom stereocenters. The normalized spacial score (nSPS) is 22.5. The molecule has 6 heteroatoms. The van der Waals surface area contributed by atoms with Crippen molar-refractivity contribution in [3.63, 3.8) is 0 Å². The van der Waals surface area contributed by atoms with Crippen molar-refractivity contribution >= 4 is 10.2 Å². The van der Waals surface area contributed by atoms with E-state index in [1.54, 1.807) is 11.2 Å². The zero-order valence-corrected chi connectivity index (χ0v) is 10.3. The topological polar surface area (TPSA) is 61.4 Å². The molecular weight excluding hydrogens is 214 g/mol. The smallest absolute Gasteiger partial charge is 0.279 e. The lowest BCUT2D eigenvalue weighted by atomic mass is 10.2. The van der Waals surface area contributed by atoms with Crippen LogP contribution in [0.5, 0.6) is 0 Å². The maximum Gasteiger partial charge on any atom is 0.279 e. The lowest BCUT2D eigenvalue weighted by molar-refractivity contribution is 0.330. The average molecular weight is 235 g/mol. The lowest BCUT2D eigenvalue weighted by Crippen LogP contribution is -2.47. The molecule has 1 aliphatic heterocycles. The van der Waals surface area contributed by atoms with Gasteiger partial charge in [-0.2, -0.15) is 12.7 Å². The summed E-state index contributed by atoms with van der Waals surface area (Å²) in [5, 5.41) is 3.19. The minimum atomic E-state index is -3.27. The van der Waals surface area contributed by atoms with Gasteiger partial charge in [0.15, 0.2) is 0 Å². The van der Waals surface area contributed by atoms with Crippen LogP contribution in [0.15, 0.2) is 0 Å². The molecule has 0 radical (unpaired) electrons. The Kier molecular flexibility index (Phi) is 4.98. The molecule has 1 fully saturated rings. The van der Waals surface area contributed by atoms with Crippen molar-refractivity contribution in [2.75, 3.05) is 26.2 Å². The van der Waals surface area contributed by atoms with Gasteiger partial charge in [0.25, 0.3) is 10.2 Å². The van der Waals surface area contributed by atoms with Crippen molar-refractivity contribution < 1.29 is 8.42 Å². The molecule has 1 rings (SSSR count). The first kappa shape index (κ1) is 12.9. The highest BCUT2D eigenvalue weighted by Gasteiger charge is 2.30. The van der Waals surface area contributed by atoms with E-state index in [1.165, 1.54) is 0 Å².